The van der Waals surface area contributed by atoms with E-state index in [2.05, 4.69) is 5.32 Å². The molecule has 1 N–H and O–H groups in total. The SMILES string of the molecule is CN(C)c1ccc([N+](=O)[O-])cc1/C=C1/C(=O)NC(=S)N(CCc2ccccc2)C1=O. The summed E-state index contributed by atoms with van der Waals surface area (Å²) in [6.07, 6.45) is 1.94. The Balaban J connectivity index is 1.94. The largest absolute Gasteiger partial charge is 0.377 e. The highest BCUT2D eigenvalue weighted by molar-refractivity contribution is 7.80. The van der Waals surface area contributed by atoms with Gasteiger partial charge in [-0.3, -0.25) is 29.9 Å². The Kier molecular flexibility index (Phi) is 6.22. The van der Waals surface area contributed by atoms with Gasteiger partial charge < -0.3 is 4.90 Å². The lowest BCUT2D eigenvalue weighted by atomic mass is 10.0. The first-order valence-electron chi connectivity index (χ1n) is 9.16. The van der Waals surface area contributed by atoms with Crippen LogP contribution in [-0.4, -0.2) is 47.4 Å². The minimum Gasteiger partial charge on any atom is -0.377 e. The number of hydrogen-bond acceptors (Lipinski definition) is 6. The lowest BCUT2D eigenvalue weighted by molar-refractivity contribution is -0.384. The van der Waals surface area contributed by atoms with Crippen LogP contribution in [0.5, 0.6) is 0 Å². The van der Waals surface area contributed by atoms with Crippen LogP contribution in [0.25, 0.3) is 6.08 Å². The molecular weight excluding hydrogens is 404 g/mol. The third-order valence-electron chi connectivity index (χ3n) is 4.66. The molecule has 8 nitrogen and oxygen atoms in total. The summed E-state index contributed by atoms with van der Waals surface area (Å²) in [4.78, 5) is 39.2. The van der Waals surface area contributed by atoms with Crippen LogP contribution in [-0.2, 0) is 16.0 Å². The van der Waals surface area contributed by atoms with E-state index in [9.17, 15) is 19.7 Å². The van der Waals surface area contributed by atoms with Crippen molar-refractivity contribution in [1.82, 2.24) is 10.2 Å². The van der Waals surface area contributed by atoms with Crippen LogP contribution in [0.3, 0.4) is 0 Å². The Morgan fingerprint density at radius 1 is 1.17 bits per heavy atom. The number of benzene rings is 2. The molecule has 1 aliphatic rings. The fraction of sp³-hybridized carbons (Fsp3) is 0.190. The molecule has 1 heterocycles. The number of nitrogens with zero attached hydrogens (tertiary/aromatic N) is 3. The molecule has 0 saturated carbocycles. The molecule has 0 unspecified atom stereocenters. The van der Waals surface area contributed by atoms with Crippen molar-refractivity contribution < 1.29 is 14.5 Å². The lowest BCUT2D eigenvalue weighted by Crippen LogP contribution is -2.54. The van der Waals surface area contributed by atoms with Crippen LogP contribution in [0.1, 0.15) is 11.1 Å². The molecular formula is C21H20N4O4S. The van der Waals surface area contributed by atoms with Crippen LogP contribution < -0.4 is 10.2 Å². The quantitative estimate of drug-likeness (QED) is 0.252. The topological polar surface area (TPSA) is 95.8 Å². The van der Waals surface area contributed by atoms with Gasteiger partial charge in [0, 0.05) is 44.0 Å². The Morgan fingerprint density at radius 2 is 1.87 bits per heavy atom. The van der Waals surface area contributed by atoms with E-state index in [1.807, 2.05) is 30.3 Å². The fourth-order valence-electron chi connectivity index (χ4n) is 3.12. The molecule has 9 heteroatoms. The van der Waals surface area contributed by atoms with E-state index in [0.29, 0.717) is 24.2 Å². The van der Waals surface area contributed by atoms with Gasteiger partial charge in [0.25, 0.3) is 17.5 Å². The number of rotatable bonds is 6. The average molecular weight is 424 g/mol. The second kappa shape index (κ2) is 8.83. The first kappa shape index (κ1) is 21.1. The zero-order chi connectivity index (χ0) is 21.8. The number of hydrogen-bond donors (Lipinski definition) is 1. The van der Waals surface area contributed by atoms with Crippen molar-refractivity contribution in [3.05, 3.63) is 75.3 Å². The first-order chi connectivity index (χ1) is 14.3. The van der Waals surface area contributed by atoms with Crippen molar-refractivity contribution in [1.29, 1.82) is 0 Å². The number of nitro groups is 1. The third kappa shape index (κ3) is 4.52. The minimum atomic E-state index is -0.628. The zero-order valence-corrected chi connectivity index (χ0v) is 17.3. The van der Waals surface area contributed by atoms with Gasteiger partial charge in [0.15, 0.2) is 5.11 Å². The summed E-state index contributed by atoms with van der Waals surface area (Å²) in [7, 11) is 3.54. The van der Waals surface area contributed by atoms with Gasteiger partial charge in [-0.2, -0.15) is 0 Å². The normalized spacial score (nSPS) is 15.3. The van der Waals surface area contributed by atoms with E-state index in [0.717, 1.165) is 5.56 Å². The van der Waals surface area contributed by atoms with Crippen LogP contribution in [0.15, 0.2) is 54.1 Å². The number of non-ortho nitro benzene ring substituents is 1. The van der Waals surface area contributed by atoms with Crippen LogP contribution in [0.4, 0.5) is 11.4 Å². The standard InChI is InChI=1S/C21H20N4O4S/c1-23(2)18-9-8-16(25(28)29)12-15(18)13-17-19(26)22-21(30)24(20(17)27)11-10-14-6-4-3-5-7-14/h3-9,12-13H,10-11H2,1-2H3,(H,22,26,30)/b17-13-. The van der Waals surface area contributed by atoms with Gasteiger partial charge in [-0.05, 0) is 36.3 Å². The van der Waals surface area contributed by atoms with Gasteiger partial charge in [0.05, 0.1) is 4.92 Å². The van der Waals surface area contributed by atoms with E-state index in [-0.39, 0.29) is 16.4 Å². The zero-order valence-electron chi connectivity index (χ0n) is 16.5. The van der Waals surface area contributed by atoms with Crippen molar-refractivity contribution in [3.8, 4) is 0 Å². The number of thiocarbonyl (C=S) groups is 1. The number of carbonyl (C=O) groups is 2. The number of carbonyl (C=O) groups excluding carboxylic acids is 2. The van der Waals surface area contributed by atoms with Gasteiger partial charge in [-0.1, -0.05) is 30.3 Å². The Morgan fingerprint density at radius 3 is 2.50 bits per heavy atom. The highest BCUT2D eigenvalue weighted by atomic mass is 32.1. The maximum absolute atomic E-state index is 13.0. The van der Waals surface area contributed by atoms with Crippen molar-refractivity contribution in [2.75, 3.05) is 25.5 Å². The molecule has 2 amide bonds. The van der Waals surface area contributed by atoms with Crippen LogP contribution >= 0.6 is 12.2 Å². The van der Waals surface area contributed by atoms with E-state index >= 15 is 0 Å². The molecule has 1 aliphatic heterocycles. The third-order valence-corrected chi connectivity index (χ3v) is 4.98. The maximum atomic E-state index is 13.0. The highest BCUT2D eigenvalue weighted by Crippen LogP contribution is 2.27. The molecule has 154 valence electrons. The molecule has 1 fully saturated rings. The minimum absolute atomic E-state index is 0.0463. The van der Waals surface area contributed by atoms with Crippen molar-refractivity contribution in [2.24, 2.45) is 0 Å². The first-order valence-corrected chi connectivity index (χ1v) is 9.57. The second-order valence-corrected chi connectivity index (χ2v) is 7.29. The summed E-state index contributed by atoms with van der Waals surface area (Å²) >= 11 is 5.18. The smallest absolute Gasteiger partial charge is 0.270 e. The average Bonchev–Trinajstić information content (AvgIpc) is 2.71. The fourth-order valence-corrected chi connectivity index (χ4v) is 3.38. The van der Waals surface area contributed by atoms with Crippen LogP contribution in [0, 0.1) is 10.1 Å². The predicted octanol–water partition coefficient (Wildman–Crippen LogP) is 2.53. The summed E-state index contributed by atoms with van der Waals surface area (Å²) in [5, 5.41) is 13.8. The van der Waals surface area contributed by atoms with E-state index in [1.165, 1.54) is 23.1 Å². The number of nitrogens with one attached hydrogen (secondary N) is 1. The van der Waals surface area contributed by atoms with Gasteiger partial charge in [0.1, 0.15) is 5.57 Å². The maximum Gasteiger partial charge on any atom is 0.270 e. The molecule has 0 aliphatic carbocycles. The molecule has 1 saturated heterocycles. The van der Waals surface area contributed by atoms with Crippen molar-refractivity contribution in [3.63, 3.8) is 0 Å². The summed E-state index contributed by atoms with van der Waals surface area (Å²) in [5.41, 5.74) is 1.80. The Hall–Kier alpha value is -3.59. The molecule has 3 rings (SSSR count). The van der Waals surface area contributed by atoms with Gasteiger partial charge >= 0.3 is 0 Å². The van der Waals surface area contributed by atoms with E-state index < -0.39 is 16.7 Å². The monoisotopic (exact) mass is 424 g/mol. The molecule has 0 radical (unpaired) electrons. The van der Waals surface area contributed by atoms with Crippen molar-refractivity contribution >= 4 is 46.6 Å². The summed E-state index contributed by atoms with van der Waals surface area (Å²) < 4.78 is 0. The molecule has 2 aromatic rings. The number of amides is 2. The lowest BCUT2D eigenvalue weighted by Gasteiger charge is -2.29. The summed E-state index contributed by atoms with van der Waals surface area (Å²) in [5.74, 6) is -1.16. The highest BCUT2D eigenvalue weighted by Gasteiger charge is 2.33. The van der Waals surface area contributed by atoms with Crippen molar-refractivity contribution in [2.45, 2.75) is 6.42 Å². The molecule has 30 heavy (non-hydrogen) atoms. The second-order valence-electron chi connectivity index (χ2n) is 6.90. The van der Waals surface area contributed by atoms with Gasteiger partial charge in [0.2, 0.25) is 0 Å². The van der Waals surface area contributed by atoms with Gasteiger partial charge in [-0.25, -0.2) is 0 Å². The molecule has 0 atom stereocenters. The van der Waals surface area contributed by atoms with E-state index in [4.69, 9.17) is 12.2 Å². The number of nitro benzene ring substituents is 1. The summed E-state index contributed by atoms with van der Waals surface area (Å²) in [6.45, 7) is 0.300. The Bertz CT molecular complexity index is 1050. The van der Waals surface area contributed by atoms with Gasteiger partial charge in [-0.15, -0.1) is 0 Å². The van der Waals surface area contributed by atoms with Crippen LogP contribution in [0.2, 0.25) is 0 Å². The van der Waals surface area contributed by atoms with E-state index in [1.54, 1.807) is 25.1 Å². The summed E-state index contributed by atoms with van der Waals surface area (Å²) in [6, 6.07) is 13.9. The molecule has 0 spiro atoms. The Labute approximate surface area is 178 Å². The molecule has 2 aromatic carbocycles. The molecule has 0 bridgehead atoms. The predicted molar refractivity (Wildman–Crippen MR) is 118 cm³/mol. The molecule has 0 aromatic heterocycles. The number of anilines is 1.